The highest BCUT2D eigenvalue weighted by Gasteiger charge is 2.34. The number of ether oxygens (including phenoxy) is 1. The van der Waals surface area contributed by atoms with Crippen LogP contribution in [0.2, 0.25) is 0 Å². The van der Waals surface area contributed by atoms with Gasteiger partial charge in [-0.25, -0.2) is 0 Å². The third-order valence-corrected chi connectivity index (χ3v) is 6.00. The fourth-order valence-electron chi connectivity index (χ4n) is 3.46. The second-order valence-electron chi connectivity index (χ2n) is 7.11. The quantitative estimate of drug-likeness (QED) is 0.374. The molecule has 2 N–H and O–H groups in total. The van der Waals surface area contributed by atoms with Gasteiger partial charge in [0, 0.05) is 13.2 Å². The van der Waals surface area contributed by atoms with E-state index in [2.05, 4.69) is 0 Å². The van der Waals surface area contributed by atoms with E-state index in [1.807, 2.05) is 27.7 Å². The van der Waals surface area contributed by atoms with Gasteiger partial charge in [0.2, 0.25) is 0 Å². The molecule has 0 aliphatic carbocycles. The van der Waals surface area contributed by atoms with Crippen molar-refractivity contribution in [3.05, 3.63) is 0 Å². The smallest absolute Gasteiger partial charge is 0.309 e. The first-order chi connectivity index (χ1) is 11.8. The highest BCUT2D eigenvalue weighted by atomic mass is 16.5. The molecule has 0 aromatic heterocycles. The average molecular weight is 359 g/mol. The Morgan fingerprint density at radius 1 is 0.680 bits per heavy atom. The Labute approximate surface area is 153 Å². The monoisotopic (exact) mass is 358 g/mol. The van der Waals surface area contributed by atoms with Crippen molar-refractivity contribution in [1.82, 2.24) is 0 Å². The summed E-state index contributed by atoms with van der Waals surface area (Å²) in [5.74, 6) is -1.38. The van der Waals surface area contributed by atoms with Gasteiger partial charge in [-0.3, -0.25) is 9.59 Å². The maximum atomic E-state index is 11.4. The number of hydrogen-bond donors (Lipinski definition) is 2. The minimum absolute atomic E-state index is 0.583. The Morgan fingerprint density at radius 2 is 1.00 bits per heavy atom. The SMILES string of the molecule is CCC(CC)(CCCCOCCCCC(CC)(CC)C(=O)O)C(=O)O. The molecule has 0 heterocycles. The first-order valence-corrected chi connectivity index (χ1v) is 9.88. The van der Waals surface area contributed by atoms with Crippen molar-refractivity contribution in [2.24, 2.45) is 10.8 Å². The Kier molecular flexibility index (Phi) is 11.7. The fraction of sp³-hybridized carbons (Fsp3) is 0.900. The third kappa shape index (κ3) is 7.35. The highest BCUT2D eigenvalue weighted by Crippen LogP contribution is 2.33. The zero-order chi connectivity index (χ0) is 19.3. The number of unbranched alkanes of at least 4 members (excludes halogenated alkanes) is 2. The van der Waals surface area contributed by atoms with Crippen LogP contribution in [0.5, 0.6) is 0 Å². The van der Waals surface area contributed by atoms with Crippen LogP contribution in [0.4, 0.5) is 0 Å². The Hall–Kier alpha value is -1.10. The molecule has 5 heteroatoms. The van der Waals surface area contributed by atoms with Crippen molar-refractivity contribution < 1.29 is 24.5 Å². The molecule has 0 unspecified atom stereocenters. The summed E-state index contributed by atoms with van der Waals surface area (Å²) < 4.78 is 5.62. The van der Waals surface area contributed by atoms with E-state index in [0.717, 1.165) is 25.7 Å². The average Bonchev–Trinajstić information content (AvgIpc) is 2.60. The van der Waals surface area contributed by atoms with Crippen molar-refractivity contribution in [3.8, 4) is 0 Å². The zero-order valence-electron chi connectivity index (χ0n) is 16.6. The summed E-state index contributed by atoms with van der Waals surface area (Å²) in [5, 5.41) is 18.8. The van der Waals surface area contributed by atoms with Gasteiger partial charge < -0.3 is 14.9 Å². The lowest BCUT2D eigenvalue weighted by Crippen LogP contribution is -2.29. The molecule has 0 aliphatic rings. The number of carboxylic acids is 2. The third-order valence-electron chi connectivity index (χ3n) is 6.00. The van der Waals surface area contributed by atoms with Crippen LogP contribution in [0, 0.1) is 10.8 Å². The first kappa shape index (κ1) is 23.9. The maximum absolute atomic E-state index is 11.4. The number of aliphatic carboxylic acids is 2. The molecule has 0 atom stereocenters. The van der Waals surface area contributed by atoms with Crippen LogP contribution in [0.15, 0.2) is 0 Å². The molecule has 0 radical (unpaired) electrons. The number of carbonyl (C=O) groups is 2. The standard InChI is InChI=1S/C20H38O5/c1-5-19(6-2,17(21)22)13-9-11-15-25-16-12-10-14-20(7-3,8-4)18(23)24/h5-16H2,1-4H3,(H,21,22)(H,23,24). The molecule has 25 heavy (non-hydrogen) atoms. The summed E-state index contributed by atoms with van der Waals surface area (Å²) in [4.78, 5) is 22.9. The van der Waals surface area contributed by atoms with Crippen molar-refractivity contribution >= 4 is 11.9 Å². The van der Waals surface area contributed by atoms with Crippen LogP contribution >= 0.6 is 0 Å². The van der Waals surface area contributed by atoms with E-state index in [1.54, 1.807) is 0 Å². The Bertz CT molecular complexity index is 348. The lowest BCUT2D eigenvalue weighted by molar-refractivity contribution is -0.151. The Balaban J connectivity index is 3.88. The molecule has 0 saturated heterocycles. The van der Waals surface area contributed by atoms with Crippen LogP contribution in [0.1, 0.15) is 91.9 Å². The number of hydrogen-bond acceptors (Lipinski definition) is 3. The molecular weight excluding hydrogens is 320 g/mol. The van der Waals surface area contributed by atoms with Crippen molar-refractivity contribution in [2.75, 3.05) is 13.2 Å². The predicted molar refractivity (Wildman–Crippen MR) is 99.8 cm³/mol. The van der Waals surface area contributed by atoms with Gasteiger partial charge in [-0.15, -0.1) is 0 Å². The molecule has 0 fully saturated rings. The van der Waals surface area contributed by atoms with Gasteiger partial charge in [0.1, 0.15) is 0 Å². The van der Waals surface area contributed by atoms with Crippen LogP contribution < -0.4 is 0 Å². The van der Waals surface area contributed by atoms with E-state index in [0.29, 0.717) is 51.7 Å². The Morgan fingerprint density at radius 3 is 1.24 bits per heavy atom. The van der Waals surface area contributed by atoms with E-state index in [1.165, 1.54) is 0 Å². The normalized spacial score (nSPS) is 12.3. The van der Waals surface area contributed by atoms with E-state index < -0.39 is 22.8 Å². The second-order valence-corrected chi connectivity index (χ2v) is 7.11. The van der Waals surface area contributed by atoms with Gasteiger partial charge in [-0.1, -0.05) is 40.5 Å². The zero-order valence-corrected chi connectivity index (χ0v) is 16.6. The summed E-state index contributed by atoms with van der Waals surface area (Å²) >= 11 is 0. The van der Waals surface area contributed by atoms with E-state index in [4.69, 9.17) is 4.74 Å². The number of carboxylic acid groups (broad SMARTS) is 2. The van der Waals surface area contributed by atoms with E-state index in [9.17, 15) is 19.8 Å². The molecule has 5 nitrogen and oxygen atoms in total. The van der Waals surface area contributed by atoms with Crippen molar-refractivity contribution in [3.63, 3.8) is 0 Å². The molecular formula is C20H38O5. The second kappa shape index (κ2) is 12.3. The summed E-state index contributed by atoms with van der Waals surface area (Å²) in [6.07, 6.45) is 7.54. The first-order valence-electron chi connectivity index (χ1n) is 9.88. The summed E-state index contributed by atoms with van der Waals surface area (Å²) in [5.41, 5.74) is -1.17. The molecule has 0 aromatic carbocycles. The minimum atomic E-state index is -0.688. The summed E-state index contributed by atoms with van der Waals surface area (Å²) in [6.45, 7) is 9.06. The van der Waals surface area contributed by atoms with Crippen LogP contribution in [-0.2, 0) is 14.3 Å². The molecule has 0 aromatic rings. The van der Waals surface area contributed by atoms with Crippen molar-refractivity contribution in [1.29, 1.82) is 0 Å². The predicted octanol–water partition coefficient (Wildman–Crippen LogP) is 5.13. The molecule has 0 aliphatic heterocycles. The van der Waals surface area contributed by atoms with E-state index >= 15 is 0 Å². The van der Waals surface area contributed by atoms with Gasteiger partial charge in [0.05, 0.1) is 10.8 Å². The molecule has 0 saturated carbocycles. The van der Waals surface area contributed by atoms with Gasteiger partial charge >= 0.3 is 11.9 Å². The lowest BCUT2D eigenvalue weighted by atomic mass is 9.78. The summed E-state index contributed by atoms with van der Waals surface area (Å²) in [7, 11) is 0. The molecule has 148 valence electrons. The minimum Gasteiger partial charge on any atom is -0.481 e. The van der Waals surface area contributed by atoms with Crippen LogP contribution in [0.25, 0.3) is 0 Å². The largest absolute Gasteiger partial charge is 0.481 e. The summed E-state index contributed by atoms with van der Waals surface area (Å²) in [6, 6.07) is 0. The van der Waals surface area contributed by atoms with Crippen molar-refractivity contribution in [2.45, 2.75) is 91.9 Å². The van der Waals surface area contributed by atoms with Gasteiger partial charge in [-0.05, 0) is 51.4 Å². The molecule has 0 bridgehead atoms. The highest BCUT2D eigenvalue weighted by molar-refractivity contribution is 5.74. The molecule has 0 amide bonds. The van der Waals surface area contributed by atoms with Gasteiger partial charge in [-0.2, -0.15) is 0 Å². The van der Waals surface area contributed by atoms with E-state index in [-0.39, 0.29) is 0 Å². The fourth-order valence-corrected chi connectivity index (χ4v) is 3.46. The van der Waals surface area contributed by atoms with Crippen LogP contribution in [-0.4, -0.2) is 35.4 Å². The maximum Gasteiger partial charge on any atom is 0.309 e. The lowest BCUT2D eigenvalue weighted by Gasteiger charge is -2.26. The molecule has 0 spiro atoms. The van der Waals surface area contributed by atoms with Gasteiger partial charge in [0.15, 0.2) is 0 Å². The van der Waals surface area contributed by atoms with Crippen LogP contribution in [0.3, 0.4) is 0 Å². The van der Waals surface area contributed by atoms with Gasteiger partial charge in [0.25, 0.3) is 0 Å². The topological polar surface area (TPSA) is 83.8 Å². The molecule has 0 rings (SSSR count). The number of rotatable bonds is 16.